The lowest BCUT2D eigenvalue weighted by Gasteiger charge is -2.02. The first-order chi connectivity index (χ1) is 7.57. The van der Waals surface area contributed by atoms with Gasteiger partial charge in [0, 0.05) is 13.0 Å². The summed E-state index contributed by atoms with van der Waals surface area (Å²) in [5.41, 5.74) is 1.52. The quantitative estimate of drug-likeness (QED) is 0.770. The fraction of sp³-hybridized carbons (Fsp3) is 0.545. The van der Waals surface area contributed by atoms with Gasteiger partial charge in [0.15, 0.2) is 0 Å². The number of hydrogen-bond acceptors (Lipinski definition) is 3. The normalized spacial score (nSPS) is 10.1. The third-order valence-electron chi connectivity index (χ3n) is 2.50. The topological polar surface area (TPSA) is 78.9 Å². The van der Waals surface area contributed by atoms with E-state index in [0.717, 1.165) is 12.8 Å². The summed E-state index contributed by atoms with van der Waals surface area (Å²) in [4.78, 5) is 10.9. The van der Waals surface area contributed by atoms with Gasteiger partial charge in [0.1, 0.15) is 5.56 Å². The summed E-state index contributed by atoms with van der Waals surface area (Å²) in [5, 5.41) is 21.5. The summed E-state index contributed by atoms with van der Waals surface area (Å²) in [5.74, 6) is -0.932. The highest BCUT2D eigenvalue weighted by atomic mass is 16.4. The van der Waals surface area contributed by atoms with Crippen molar-refractivity contribution in [3.8, 4) is 6.07 Å². The molecule has 5 heteroatoms. The van der Waals surface area contributed by atoms with Crippen LogP contribution in [-0.4, -0.2) is 20.9 Å². The van der Waals surface area contributed by atoms with E-state index in [1.54, 1.807) is 18.5 Å². The van der Waals surface area contributed by atoms with Crippen molar-refractivity contribution in [3.63, 3.8) is 0 Å². The summed E-state index contributed by atoms with van der Waals surface area (Å²) in [6.45, 7) is 4.12. The van der Waals surface area contributed by atoms with Gasteiger partial charge in [-0.2, -0.15) is 10.4 Å². The number of nitrogens with zero attached hydrogens (tertiary/aromatic N) is 3. The van der Waals surface area contributed by atoms with Gasteiger partial charge in [-0.3, -0.25) is 4.68 Å². The lowest BCUT2D eigenvalue weighted by atomic mass is 10.2. The number of hydrogen-bond donors (Lipinski definition) is 1. The predicted octanol–water partition coefficient (Wildman–Crippen LogP) is 1.89. The van der Waals surface area contributed by atoms with E-state index < -0.39 is 5.97 Å². The Hall–Kier alpha value is -1.83. The Labute approximate surface area is 94.3 Å². The number of nitriles is 1. The molecule has 0 bridgehead atoms. The molecule has 0 atom stereocenters. The van der Waals surface area contributed by atoms with Crippen molar-refractivity contribution in [2.45, 2.75) is 39.7 Å². The fourth-order valence-corrected chi connectivity index (χ4v) is 1.69. The number of carboxylic acid groups (broad SMARTS) is 1. The Morgan fingerprint density at radius 1 is 1.50 bits per heavy atom. The van der Waals surface area contributed by atoms with Gasteiger partial charge in [-0.25, -0.2) is 4.79 Å². The Morgan fingerprint density at radius 3 is 2.69 bits per heavy atom. The molecule has 1 heterocycles. The van der Waals surface area contributed by atoms with Crippen LogP contribution in [0.4, 0.5) is 0 Å². The van der Waals surface area contributed by atoms with Crippen LogP contribution in [0.5, 0.6) is 0 Å². The summed E-state index contributed by atoms with van der Waals surface area (Å²) in [6.07, 6.45) is 2.19. The third kappa shape index (κ3) is 2.60. The molecular weight excluding hydrogens is 206 g/mol. The molecule has 0 unspecified atom stereocenters. The highest BCUT2D eigenvalue weighted by molar-refractivity contribution is 5.90. The van der Waals surface area contributed by atoms with Gasteiger partial charge in [0.05, 0.1) is 17.5 Å². The first kappa shape index (κ1) is 12.2. The lowest BCUT2D eigenvalue weighted by molar-refractivity contribution is 0.0695. The zero-order valence-electron chi connectivity index (χ0n) is 9.53. The minimum Gasteiger partial charge on any atom is -0.478 e. The van der Waals surface area contributed by atoms with E-state index in [4.69, 9.17) is 10.4 Å². The number of aryl methyl sites for hydroxylation is 2. The lowest BCUT2D eigenvalue weighted by Crippen LogP contribution is -2.04. The largest absolute Gasteiger partial charge is 0.478 e. The van der Waals surface area contributed by atoms with Crippen LogP contribution in [0.2, 0.25) is 0 Å². The van der Waals surface area contributed by atoms with Crippen LogP contribution >= 0.6 is 0 Å². The minimum absolute atomic E-state index is 0.292. The molecule has 1 aromatic heterocycles. The molecule has 0 aliphatic rings. The number of aromatic nitrogens is 2. The van der Waals surface area contributed by atoms with Gasteiger partial charge in [0.2, 0.25) is 0 Å². The molecular formula is C11H15N3O2. The molecule has 0 radical (unpaired) electrons. The van der Waals surface area contributed by atoms with Gasteiger partial charge < -0.3 is 5.11 Å². The number of unbranched alkanes of at least 4 members (excludes halogenated alkanes) is 2. The molecule has 1 N–H and O–H groups in total. The molecule has 0 fully saturated rings. The molecule has 1 aromatic rings. The highest BCUT2D eigenvalue weighted by Crippen LogP contribution is 2.13. The maximum absolute atomic E-state index is 10.9. The number of carbonyl (C=O) groups is 1. The molecule has 0 aliphatic heterocycles. The maximum Gasteiger partial charge on any atom is 0.339 e. The van der Waals surface area contributed by atoms with Gasteiger partial charge in [-0.1, -0.05) is 0 Å². The monoisotopic (exact) mass is 221 g/mol. The van der Waals surface area contributed by atoms with Crippen molar-refractivity contribution >= 4 is 5.97 Å². The second-order valence-corrected chi connectivity index (χ2v) is 3.69. The maximum atomic E-state index is 10.9. The van der Waals surface area contributed by atoms with Crippen LogP contribution in [0.3, 0.4) is 0 Å². The summed E-state index contributed by atoms with van der Waals surface area (Å²) in [6, 6.07) is 2.08. The van der Waals surface area contributed by atoms with Crippen molar-refractivity contribution < 1.29 is 9.90 Å². The number of aromatic carboxylic acids is 1. The van der Waals surface area contributed by atoms with Gasteiger partial charge in [-0.05, 0) is 26.7 Å². The predicted molar refractivity (Wildman–Crippen MR) is 58.1 cm³/mol. The number of rotatable bonds is 5. The first-order valence-electron chi connectivity index (χ1n) is 5.22. The van der Waals surface area contributed by atoms with Crippen molar-refractivity contribution in [1.82, 2.24) is 9.78 Å². The molecule has 0 spiro atoms. The van der Waals surface area contributed by atoms with Crippen molar-refractivity contribution in [2.24, 2.45) is 0 Å². The second-order valence-electron chi connectivity index (χ2n) is 3.69. The zero-order chi connectivity index (χ0) is 12.1. The van der Waals surface area contributed by atoms with Gasteiger partial charge >= 0.3 is 5.97 Å². The smallest absolute Gasteiger partial charge is 0.339 e. The fourth-order valence-electron chi connectivity index (χ4n) is 1.69. The van der Waals surface area contributed by atoms with E-state index in [1.165, 1.54) is 0 Å². The van der Waals surface area contributed by atoms with Crippen LogP contribution < -0.4 is 0 Å². The SMILES string of the molecule is Cc1nn(CCCCC#N)c(C)c1C(=O)O. The third-order valence-corrected chi connectivity index (χ3v) is 2.50. The average molecular weight is 221 g/mol. The average Bonchev–Trinajstić information content (AvgIpc) is 2.49. The van der Waals surface area contributed by atoms with E-state index in [9.17, 15) is 4.79 Å². The first-order valence-corrected chi connectivity index (χ1v) is 5.22. The van der Waals surface area contributed by atoms with Crippen LogP contribution in [0.25, 0.3) is 0 Å². The van der Waals surface area contributed by atoms with Crippen molar-refractivity contribution in [3.05, 3.63) is 17.0 Å². The van der Waals surface area contributed by atoms with Gasteiger partial charge in [-0.15, -0.1) is 0 Å². The Bertz CT molecular complexity index is 429. The van der Waals surface area contributed by atoms with Crippen molar-refractivity contribution in [1.29, 1.82) is 5.26 Å². The summed E-state index contributed by atoms with van der Waals surface area (Å²) in [7, 11) is 0. The van der Waals surface area contributed by atoms with Crippen LogP contribution in [-0.2, 0) is 6.54 Å². The molecule has 0 aliphatic carbocycles. The summed E-state index contributed by atoms with van der Waals surface area (Å²) >= 11 is 0. The molecule has 0 saturated carbocycles. The van der Waals surface area contributed by atoms with E-state index in [0.29, 0.717) is 29.9 Å². The molecule has 0 amide bonds. The van der Waals surface area contributed by atoms with E-state index >= 15 is 0 Å². The molecule has 0 aromatic carbocycles. The van der Waals surface area contributed by atoms with Crippen LogP contribution in [0.1, 0.15) is 41.0 Å². The number of carboxylic acids is 1. The second kappa shape index (κ2) is 5.31. The standard InChI is InChI=1S/C11H15N3O2/c1-8-10(11(15)16)9(2)14(13-8)7-5-3-4-6-12/h3-5,7H2,1-2H3,(H,15,16). The zero-order valence-corrected chi connectivity index (χ0v) is 9.53. The molecule has 0 saturated heterocycles. The molecule has 5 nitrogen and oxygen atoms in total. The molecule has 1 rings (SSSR count). The minimum atomic E-state index is -0.932. The van der Waals surface area contributed by atoms with Crippen molar-refractivity contribution in [2.75, 3.05) is 0 Å². The molecule has 86 valence electrons. The molecule has 16 heavy (non-hydrogen) atoms. The highest BCUT2D eigenvalue weighted by Gasteiger charge is 2.16. The van der Waals surface area contributed by atoms with E-state index in [-0.39, 0.29) is 0 Å². The summed E-state index contributed by atoms with van der Waals surface area (Å²) < 4.78 is 1.70. The van der Waals surface area contributed by atoms with E-state index in [2.05, 4.69) is 11.2 Å². The Balaban J connectivity index is 2.72. The van der Waals surface area contributed by atoms with Gasteiger partial charge in [0.25, 0.3) is 0 Å². The van der Waals surface area contributed by atoms with Crippen LogP contribution in [0.15, 0.2) is 0 Å². The van der Waals surface area contributed by atoms with E-state index in [1.807, 2.05) is 0 Å². The Morgan fingerprint density at radius 2 is 2.19 bits per heavy atom. The Kier molecular flexibility index (Phi) is 4.06. The van der Waals surface area contributed by atoms with Crippen LogP contribution in [0, 0.1) is 25.2 Å².